The van der Waals surface area contributed by atoms with Gasteiger partial charge in [-0.1, -0.05) is 37.1 Å². The van der Waals surface area contributed by atoms with Crippen molar-refractivity contribution in [1.82, 2.24) is 10.2 Å². The van der Waals surface area contributed by atoms with Gasteiger partial charge in [-0.2, -0.15) is 0 Å². The number of aliphatic hydroxyl groups excluding tert-OH is 1. The highest BCUT2D eigenvalue weighted by Crippen LogP contribution is 2.46. The number of halogens is 1. The number of hydrogen-bond acceptors (Lipinski definition) is 5. The Morgan fingerprint density at radius 3 is 2.45 bits per heavy atom. The average Bonchev–Trinajstić information content (AvgIpc) is 2.54. The van der Waals surface area contributed by atoms with Crippen LogP contribution in [0.3, 0.4) is 0 Å². The van der Waals surface area contributed by atoms with Gasteiger partial charge in [0.1, 0.15) is 0 Å². The molecule has 0 saturated carbocycles. The second kappa shape index (κ2) is 6.50. The molecule has 0 saturated heterocycles. The molecule has 1 N–H and O–H groups in total. The van der Waals surface area contributed by atoms with Crippen molar-refractivity contribution in [1.29, 1.82) is 0 Å². The van der Waals surface area contributed by atoms with Gasteiger partial charge >= 0.3 is 0 Å². The molecule has 116 valence electrons. The molecule has 5 nitrogen and oxygen atoms in total. The van der Waals surface area contributed by atoms with E-state index in [2.05, 4.69) is 34.2 Å². The van der Waals surface area contributed by atoms with Gasteiger partial charge in [0.05, 0.1) is 23.7 Å². The number of β-amino-alcohol motifs (C(OH)–C–C–N with tert-alkyl or cyclic N) is 1. The summed E-state index contributed by atoms with van der Waals surface area (Å²) in [6.45, 7) is 3.60. The zero-order valence-corrected chi connectivity index (χ0v) is 13.3. The molecular formula is C16H19ClN4O. The van der Waals surface area contributed by atoms with Gasteiger partial charge < -0.3 is 14.9 Å². The number of fused-ring (bicyclic) bond motifs is 2. The molecule has 0 aliphatic carbocycles. The van der Waals surface area contributed by atoms with E-state index in [9.17, 15) is 5.11 Å². The molecule has 1 aliphatic rings. The van der Waals surface area contributed by atoms with Crippen LogP contribution in [0, 0.1) is 0 Å². The van der Waals surface area contributed by atoms with Gasteiger partial charge in [-0.05, 0) is 18.6 Å². The predicted octanol–water partition coefficient (Wildman–Crippen LogP) is 3.51. The summed E-state index contributed by atoms with van der Waals surface area (Å²) in [5.41, 5.74) is 3.04. The van der Waals surface area contributed by atoms with E-state index in [1.807, 2.05) is 23.1 Å². The van der Waals surface area contributed by atoms with Crippen LogP contribution in [0.1, 0.15) is 19.8 Å². The SMILES string of the molecule is CCCCN1c2ccccc2N(CCO)c2cc(Cl)nnc21. The molecule has 0 fully saturated rings. The summed E-state index contributed by atoms with van der Waals surface area (Å²) in [5.74, 6) is 0.796. The lowest BCUT2D eigenvalue weighted by molar-refractivity contribution is 0.305. The van der Waals surface area contributed by atoms with E-state index >= 15 is 0 Å². The molecule has 1 aliphatic heterocycles. The van der Waals surface area contributed by atoms with Crippen molar-refractivity contribution >= 4 is 34.5 Å². The third-order valence-electron chi connectivity index (χ3n) is 3.79. The summed E-state index contributed by atoms with van der Waals surface area (Å²) in [5, 5.41) is 18.1. The molecule has 6 heteroatoms. The van der Waals surface area contributed by atoms with E-state index in [1.54, 1.807) is 0 Å². The number of anilines is 4. The van der Waals surface area contributed by atoms with Gasteiger partial charge in [-0.15, -0.1) is 10.2 Å². The molecule has 1 aromatic heterocycles. The summed E-state index contributed by atoms with van der Waals surface area (Å²) in [4.78, 5) is 4.24. The van der Waals surface area contributed by atoms with Crippen LogP contribution >= 0.6 is 11.6 Å². The summed E-state index contributed by atoms with van der Waals surface area (Å²) in [6.07, 6.45) is 2.17. The quantitative estimate of drug-likeness (QED) is 0.914. The summed E-state index contributed by atoms with van der Waals surface area (Å²) in [6, 6.07) is 9.97. The number of hydrogen-bond donors (Lipinski definition) is 1. The first-order valence-corrected chi connectivity index (χ1v) is 7.92. The fourth-order valence-electron chi connectivity index (χ4n) is 2.79. The number of para-hydroxylation sites is 2. The maximum atomic E-state index is 9.42. The molecule has 0 bridgehead atoms. The molecule has 3 rings (SSSR count). The summed E-state index contributed by atoms with van der Waals surface area (Å²) >= 11 is 6.04. The molecule has 0 amide bonds. The van der Waals surface area contributed by atoms with Gasteiger partial charge in [-0.3, -0.25) is 0 Å². The molecule has 0 atom stereocenters. The minimum atomic E-state index is 0.0582. The molecule has 0 unspecified atom stereocenters. The first-order valence-electron chi connectivity index (χ1n) is 7.54. The monoisotopic (exact) mass is 318 g/mol. The maximum Gasteiger partial charge on any atom is 0.179 e. The standard InChI is InChI=1S/C16H19ClN4O/c1-2-3-8-21-13-7-5-4-6-12(13)20(9-10-22)14-11-15(17)18-19-16(14)21/h4-7,11,22H,2-3,8-10H2,1H3. The lowest BCUT2D eigenvalue weighted by Crippen LogP contribution is -2.32. The Bertz CT molecular complexity index is 664. The van der Waals surface area contributed by atoms with Crippen molar-refractivity contribution in [3.63, 3.8) is 0 Å². The van der Waals surface area contributed by atoms with Crippen molar-refractivity contribution in [2.45, 2.75) is 19.8 Å². The Hall–Kier alpha value is -1.85. The van der Waals surface area contributed by atoms with Crippen molar-refractivity contribution in [2.24, 2.45) is 0 Å². The lowest BCUT2D eigenvalue weighted by atomic mass is 10.1. The van der Waals surface area contributed by atoms with E-state index in [1.165, 1.54) is 0 Å². The van der Waals surface area contributed by atoms with E-state index < -0.39 is 0 Å². The van der Waals surface area contributed by atoms with Crippen LogP contribution in [0.25, 0.3) is 0 Å². The fourth-order valence-corrected chi connectivity index (χ4v) is 2.93. The first kappa shape index (κ1) is 15.1. The number of nitrogens with zero attached hydrogens (tertiary/aromatic N) is 4. The van der Waals surface area contributed by atoms with Crippen molar-refractivity contribution in [3.8, 4) is 0 Å². The minimum Gasteiger partial charge on any atom is -0.395 e. The Morgan fingerprint density at radius 2 is 1.77 bits per heavy atom. The molecule has 2 heterocycles. The van der Waals surface area contributed by atoms with Crippen LogP contribution < -0.4 is 9.80 Å². The van der Waals surface area contributed by atoms with Crippen molar-refractivity contribution in [3.05, 3.63) is 35.5 Å². The Labute approximate surface area is 135 Å². The summed E-state index contributed by atoms with van der Waals surface area (Å²) in [7, 11) is 0. The van der Waals surface area contributed by atoms with Crippen LogP contribution in [0.5, 0.6) is 0 Å². The number of aromatic nitrogens is 2. The predicted molar refractivity (Wildman–Crippen MR) is 89.5 cm³/mol. The molecule has 0 spiro atoms. The number of unbranched alkanes of at least 4 members (excludes halogenated alkanes) is 1. The zero-order chi connectivity index (χ0) is 15.5. The molecule has 22 heavy (non-hydrogen) atoms. The minimum absolute atomic E-state index is 0.0582. The van der Waals surface area contributed by atoms with E-state index in [0.717, 1.165) is 42.3 Å². The molecular weight excluding hydrogens is 300 g/mol. The average molecular weight is 319 g/mol. The molecule has 1 aromatic carbocycles. The third kappa shape index (κ3) is 2.62. The van der Waals surface area contributed by atoms with Crippen molar-refractivity contribution in [2.75, 3.05) is 29.5 Å². The van der Waals surface area contributed by atoms with Gasteiger partial charge in [0.25, 0.3) is 0 Å². The smallest absolute Gasteiger partial charge is 0.179 e. The summed E-state index contributed by atoms with van der Waals surface area (Å²) < 4.78 is 0. The highest BCUT2D eigenvalue weighted by atomic mass is 35.5. The highest BCUT2D eigenvalue weighted by molar-refractivity contribution is 6.29. The van der Waals surface area contributed by atoms with E-state index in [4.69, 9.17) is 11.6 Å². The Morgan fingerprint density at radius 1 is 1.05 bits per heavy atom. The van der Waals surface area contributed by atoms with Gasteiger partial charge in [0, 0.05) is 19.2 Å². The largest absolute Gasteiger partial charge is 0.395 e. The van der Waals surface area contributed by atoms with E-state index in [0.29, 0.717) is 11.7 Å². The lowest BCUT2D eigenvalue weighted by Gasteiger charge is -2.38. The Kier molecular flexibility index (Phi) is 4.45. The third-order valence-corrected chi connectivity index (χ3v) is 3.98. The second-order valence-corrected chi connectivity index (χ2v) is 5.63. The van der Waals surface area contributed by atoms with Crippen molar-refractivity contribution < 1.29 is 5.11 Å². The van der Waals surface area contributed by atoms with Crippen LogP contribution in [0.15, 0.2) is 30.3 Å². The first-order chi connectivity index (χ1) is 10.8. The zero-order valence-electron chi connectivity index (χ0n) is 12.5. The number of benzene rings is 1. The molecule has 2 aromatic rings. The van der Waals surface area contributed by atoms with E-state index in [-0.39, 0.29) is 6.61 Å². The van der Waals surface area contributed by atoms with Gasteiger partial charge in [-0.25, -0.2) is 0 Å². The van der Waals surface area contributed by atoms with Crippen LogP contribution in [0.2, 0.25) is 5.15 Å². The fraction of sp³-hybridized carbons (Fsp3) is 0.375. The highest BCUT2D eigenvalue weighted by Gasteiger charge is 2.29. The Balaban J connectivity index is 2.14. The second-order valence-electron chi connectivity index (χ2n) is 5.25. The van der Waals surface area contributed by atoms with Crippen LogP contribution in [-0.2, 0) is 0 Å². The molecule has 0 radical (unpaired) electrons. The van der Waals surface area contributed by atoms with Gasteiger partial charge in [0.15, 0.2) is 11.0 Å². The van der Waals surface area contributed by atoms with Gasteiger partial charge in [0.2, 0.25) is 0 Å². The normalized spacial score (nSPS) is 13.0. The van der Waals surface area contributed by atoms with Crippen LogP contribution in [-0.4, -0.2) is 35.0 Å². The maximum absolute atomic E-state index is 9.42. The number of aliphatic hydroxyl groups is 1. The topological polar surface area (TPSA) is 52.5 Å². The number of rotatable bonds is 5. The van der Waals surface area contributed by atoms with Crippen LogP contribution in [0.4, 0.5) is 22.9 Å².